The molecule has 0 aromatic carbocycles. The molecule has 15 heavy (non-hydrogen) atoms. The lowest BCUT2D eigenvalue weighted by Gasteiger charge is -2.18. The molecule has 0 aliphatic rings. The van der Waals surface area contributed by atoms with Crippen LogP contribution in [-0.2, 0) is 0 Å². The summed E-state index contributed by atoms with van der Waals surface area (Å²) in [7, 11) is 0. The number of aliphatic hydroxyl groups is 2. The van der Waals surface area contributed by atoms with Crippen LogP contribution in [-0.4, -0.2) is 27.1 Å². The summed E-state index contributed by atoms with van der Waals surface area (Å²) < 4.78 is 0. The van der Waals surface area contributed by atoms with Crippen molar-refractivity contribution in [3.05, 3.63) is 23.4 Å². The summed E-state index contributed by atoms with van der Waals surface area (Å²) in [5, 5.41) is 19.4. The van der Waals surface area contributed by atoms with Crippen molar-refractivity contribution in [3.8, 4) is 0 Å². The number of aryl methyl sites for hydroxylation is 1. The first-order valence-electron chi connectivity index (χ1n) is 4.76. The predicted molar refractivity (Wildman–Crippen MR) is 62.8 cm³/mol. The van der Waals surface area contributed by atoms with Gasteiger partial charge in [0.05, 0.1) is 11.8 Å². The van der Waals surface area contributed by atoms with Crippen LogP contribution in [0.3, 0.4) is 0 Å². The number of aliphatic hydroxyl groups excluding tert-OH is 2. The number of nitrogens with zero attached hydrogens (tertiary/aromatic N) is 1. The van der Waals surface area contributed by atoms with Gasteiger partial charge in [-0.15, -0.1) is 0 Å². The Morgan fingerprint density at radius 1 is 1.47 bits per heavy atom. The largest absolute Gasteiger partial charge is 0.390 e. The van der Waals surface area contributed by atoms with E-state index in [0.717, 1.165) is 5.56 Å². The first-order chi connectivity index (χ1) is 7.06. The summed E-state index contributed by atoms with van der Waals surface area (Å²) in [5.74, 6) is 0.854. The van der Waals surface area contributed by atoms with E-state index in [1.807, 2.05) is 6.92 Å². The minimum Gasteiger partial charge on any atom is -0.390 e. The minimum absolute atomic E-state index is 0.340. The van der Waals surface area contributed by atoms with Crippen molar-refractivity contribution < 1.29 is 10.2 Å². The van der Waals surface area contributed by atoms with Gasteiger partial charge in [-0.05, 0) is 30.7 Å². The molecular formula is C10H16N2O2S. The molecule has 1 aromatic heterocycles. The van der Waals surface area contributed by atoms with Gasteiger partial charge in [0.1, 0.15) is 11.9 Å². The van der Waals surface area contributed by atoms with Crippen molar-refractivity contribution in [2.45, 2.75) is 25.6 Å². The fourth-order valence-corrected chi connectivity index (χ4v) is 1.60. The Morgan fingerprint density at radius 3 is 2.73 bits per heavy atom. The number of hydrogen-bond donors (Lipinski definition) is 4. The molecule has 0 aliphatic heterocycles. The zero-order chi connectivity index (χ0) is 11.4. The summed E-state index contributed by atoms with van der Waals surface area (Å²) in [6.07, 6.45) is -1.43. The minimum atomic E-state index is -0.999. The van der Waals surface area contributed by atoms with Crippen LogP contribution in [0.2, 0.25) is 0 Å². The van der Waals surface area contributed by atoms with E-state index in [2.05, 4.69) is 17.6 Å². The molecule has 0 radical (unpaired) electrons. The van der Waals surface area contributed by atoms with Crippen molar-refractivity contribution in [2.75, 3.05) is 11.5 Å². The maximum absolute atomic E-state index is 9.82. The SMILES string of the molecule is Cc1ccc(N)nc1C(O)C(O)CCS. The Hall–Kier alpha value is -0.780. The van der Waals surface area contributed by atoms with E-state index in [0.29, 0.717) is 23.7 Å². The molecule has 2 unspecified atom stereocenters. The normalized spacial score (nSPS) is 14.9. The van der Waals surface area contributed by atoms with Crippen LogP contribution in [0.1, 0.15) is 23.8 Å². The summed E-state index contributed by atoms with van der Waals surface area (Å²) in [5.41, 5.74) is 6.77. The molecule has 4 N–H and O–H groups in total. The number of aromatic nitrogens is 1. The fourth-order valence-electron chi connectivity index (χ4n) is 1.33. The van der Waals surface area contributed by atoms with E-state index in [9.17, 15) is 10.2 Å². The van der Waals surface area contributed by atoms with Gasteiger partial charge in [0, 0.05) is 0 Å². The average Bonchev–Trinajstić information content (AvgIpc) is 2.21. The molecule has 0 spiro atoms. The van der Waals surface area contributed by atoms with Crippen molar-refractivity contribution in [1.29, 1.82) is 0 Å². The molecule has 0 amide bonds. The maximum Gasteiger partial charge on any atom is 0.123 e. The third-order valence-electron chi connectivity index (χ3n) is 2.23. The number of rotatable bonds is 4. The number of pyridine rings is 1. The second-order valence-electron chi connectivity index (χ2n) is 3.46. The highest BCUT2D eigenvalue weighted by Gasteiger charge is 2.20. The quantitative estimate of drug-likeness (QED) is 0.572. The van der Waals surface area contributed by atoms with Gasteiger partial charge in [-0.25, -0.2) is 4.98 Å². The van der Waals surface area contributed by atoms with Crippen molar-refractivity contribution in [1.82, 2.24) is 4.98 Å². The molecule has 0 saturated carbocycles. The zero-order valence-corrected chi connectivity index (χ0v) is 9.48. The van der Waals surface area contributed by atoms with Crippen molar-refractivity contribution in [3.63, 3.8) is 0 Å². The molecule has 2 atom stereocenters. The third kappa shape index (κ3) is 3.09. The zero-order valence-electron chi connectivity index (χ0n) is 8.59. The van der Waals surface area contributed by atoms with E-state index >= 15 is 0 Å². The van der Waals surface area contributed by atoms with Crippen molar-refractivity contribution >= 4 is 18.4 Å². The molecule has 1 aromatic rings. The third-order valence-corrected chi connectivity index (χ3v) is 2.49. The lowest BCUT2D eigenvalue weighted by molar-refractivity contribution is 0.0144. The monoisotopic (exact) mass is 228 g/mol. The molecule has 1 heterocycles. The molecule has 0 saturated heterocycles. The van der Waals surface area contributed by atoms with Gasteiger partial charge in [0.15, 0.2) is 0 Å². The fraction of sp³-hybridized carbons (Fsp3) is 0.500. The average molecular weight is 228 g/mol. The van der Waals surface area contributed by atoms with Gasteiger partial charge in [-0.1, -0.05) is 6.07 Å². The van der Waals surface area contributed by atoms with Gasteiger partial charge in [0.2, 0.25) is 0 Å². The number of hydrogen-bond acceptors (Lipinski definition) is 5. The highest BCUT2D eigenvalue weighted by Crippen LogP contribution is 2.21. The molecule has 84 valence electrons. The van der Waals surface area contributed by atoms with Crippen LogP contribution >= 0.6 is 12.6 Å². The topological polar surface area (TPSA) is 79.4 Å². The maximum atomic E-state index is 9.82. The van der Waals surface area contributed by atoms with Crippen LogP contribution in [0.4, 0.5) is 5.82 Å². The Bertz CT molecular complexity index is 333. The van der Waals surface area contributed by atoms with Gasteiger partial charge >= 0.3 is 0 Å². The molecule has 5 heteroatoms. The molecule has 1 rings (SSSR count). The lowest BCUT2D eigenvalue weighted by Crippen LogP contribution is -2.21. The van der Waals surface area contributed by atoms with Crippen LogP contribution in [0.15, 0.2) is 12.1 Å². The Kier molecular flexibility index (Phi) is 4.38. The molecule has 0 fully saturated rings. The molecule has 4 nitrogen and oxygen atoms in total. The summed E-state index contributed by atoms with van der Waals surface area (Å²) in [6, 6.07) is 3.44. The molecular weight excluding hydrogens is 212 g/mol. The number of nitrogens with two attached hydrogens (primary N) is 1. The van der Waals surface area contributed by atoms with Gasteiger partial charge in [0.25, 0.3) is 0 Å². The van der Waals surface area contributed by atoms with E-state index in [1.165, 1.54) is 0 Å². The Balaban J connectivity index is 2.89. The van der Waals surface area contributed by atoms with Crippen LogP contribution in [0.5, 0.6) is 0 Å². The summed E-state index contributed by atoms with van der Waals surface area (Å²) in [4.78, 5) is 4.02. The van der Waals surface area contributed by atoms with E-state index < -0.39 is 12.2 Å². The van der Waals surface area contributed by atoms with Gasteiger partial charge in [-0.2, -0.15) is 12.6 Å². The summed E-state index contributed by atoms with van der Waals surface area (Å²) >= 11 is 4.00. The second-order valence-corrected chi connectivity index (χ2v) is 3.91. The smallest absolute Gasteiger partial charge is 0.123 e. The Labute approximate surface area is 94.6 Å². The van der Waals surface area contributed by atoms with E-state index in [4.69, 9.17) is 5.73 Å². The lowest BCUT2D eigenvalue weighted by atomic mass is 10.0. The second kappa shape index (κ2) is 5.34. The van der Waals surface area contributed by atoms with Crippen LogP contribution in [0.25, 0.3) is 0 Å². The summed E-state index contributed by atoms with van der Waals surface area (Å²) in [6.45, 7) is 1.82. The number of nitrogen functional groups attached to an aromatic ring is 1. The van der Waals surface area contributed by atoms with Crippen LogP contribution in [0, 0.1) is 6.92 Å². The van der Waals surface area contributed by atoms with E-state index in [-0.39, 0.29) is 0 Å². The van der Waals surface area contributed by atoms with Crippen LogP contribution < -0.4 is 5.73 Å². The Morgan fingerprint density at radius 2 is 2.13 bits per heavy atom. The molecule has 0 bridgehead atoms. The first-order valence-corrected chi connectivity index (χ1v) is 5.39. The number of anilines is 1. The first kappa shape index (κ1) is 12.3. The van der Waals surface area contributed by atoms with E-state index in [1.54, 1.807) is 12.1 Å². The highest BCUT2D eigenvalue weighted by molar-refractivity contribution is 7.80. The predicted octanol–water partition coefficient (Wildman–Crippen LogP) is 0.686. The molecule has 0 aliphatic carbocycles. The number of thiol groups is 1. The highest BCUT2D eigenvalue weighted by atomic mass is 32.1. The van der Waals surface area contributed by atoms with Crippen molar-refractivity contribution in [2.24, 2.45) is 0 Å². The van der Waals surface area contributed by atoms with Gasteiger partial charge in [-0.3, -0.25) is 0 Å². The standard InChI is InChI=1S/C10H16N2O2S/c1-6-2-3-8(11)12-9(6)10(14)7(13)4-5-15/h2-3,7,10,13-15H,4-5H2,1H3,(H2,11,12). The van der Waals surface area contributed by atoms with Gasteiger partial charge < -0.3 is 15.9 Å².